The van der Waals surface area contributed by atoms with Crippen molar-refractivity contribution in [3.8, 4) is 0 Å². The van der Waals surface area contributed by atoms with E-state index in [0.717, 1.165) is 42.5 Å². The van der Waals surface area contributed by atoms with Crippen LogP contribution in [0.1, 0.15) is 31.2 Å². The van der Waals surface area contributed by atoms with Crippen LogP contribution in [0, 0.1) is 0 Å². The predicted octanol–water partition coefficient (Wildman–Crippen LogP) is 3.73. The lowest BCUT2D eigenvalue weighted by Crippen LogP contribution is -2.32. The van der Waals surface area contributed by atoms with Gasteiger partial charge in [-0.2, -0.15) is 0 Å². The molecule has 0 saturated heterocycles. The molecule has 0 radical (unpaired) electrons. The maximum Gasteiger partial charge on any atom is 0.108 e. The van der Waals surface area contributed by atoms with E-state index in [-0.39, 0.29) is 0 Å². The Labute approximate surface area is 135 Å². The highest BCUT2D eigenvalue weighted by molar-refractivity contribution is 9.10. The number of halogens is 1. The Morgan fingerprint density at radius 1 is 1.38 bits per heavy atom. The minimum atomic E-state index is 0.496. The van der Waals surface area contributed by atoms with E-state index in [1.165, 1.54) is 5.56 Å². The van der Waals surface area contributed by atoms with Crippen LogP contribution in [0.5, 0.6) is 0 Å². The van der Waals surface area contributed by atoms with Gasteiger partial charge in [-0.1, -0.05) is 35.0 Å². The van der Waals surface area contributed by atoms with E-state index in [1.54, 1.807) is 0 Å². The van der Waals surface area contributed by atoms with Crippen LogP contribution >= 0.6 is 15.9 Å². The van der Waals surface area contributed by atoms with Gasteiger partial charge in [-0.25, -0.2) is 4.98 Å². The standard InChI is InChI=1S/C17H24BrN3/c1-3-9-19-16(7-8-17-20-10-11-21(17)2)13-14-5-4-6-15(18)12-14/h4-6,10-12,16,19H,3,7-9,13H2,1-2H3. The first-order chi connectivity index (χ1) is 10.2. The first-order valence-corrected chi connectivity index (χ1v) is 8.42. The number of nitrogens with one attached hydrogen (secondary N) is 1. The normalized spacial score (nSPS) is 12.5. The molecule has 0 aliphatic heterocycles. The van der Waals surface area contributed by atoms with Gasteiger partial charge in [0.15, 0.2) is 0 Å². The molecule has 2 rings (SSSR count). The second kappa shape index (κ2) is 8.35. The van der Waals surface area contributed by atoms with Crippen molar-refractivity contribution in [2.45, 2.75) is 38.6 Å². The van der Waals surface area contributed by atoms with Gasteiger partial charge in [0, 0.05) is 36.4 Å². The van der Waals surface area contributed by atoms with Crippen LogP contribution in [0.2, 0.25) is 0 Å². The molecule has 3 nitrogen and oxygen atoms in total. The van der Waals surface area contributed by atoms with E-state index in [9.17, 15) is 0 Å². The molecule has 1 aromatic carbocycles. The highest BCUT2D eigenvalue weighted by Crippen LogP contribution is 2.15. The van der Waals surface area contributed by atoms with E-state index in [4.69, 9.17) is 0 Å². The number of nitrogens with zero attached hydrogens (tertiary/aromatic N) is 2. The molecule has 0 bridgehead atoms. The van der Waals surface area contributed by atoms with Gasteiger partial charge in [0.2, 0.25) is 0 Å². The Morgan fingerprint density at radius 2 is 2.24 bits per heavy atom. The lowest BCUT2D eigenvalue weighted by Gasteiger charge is -2.18. The molecule has 21 heavy (non-hydrogen) atoms. The van der Waals surface area contributed by atoms with Crippen LogP contribution in [0.25, 0.3) is 0 Å². The van der Waals surface area contributed by atoms with Crippen molar-refractivity contribution in [2.75, 3.05) is 6.54 Å². The van der Waals surface area contributed by atoms with Gasteiger partial charge in [0.25, 0.3) is 0 Å². The number of hydrogen-bond donors (Lipinski definition) is 1. The SMILES string of the molecule is CCCNC(CCc1nccn1C)Cc1cccc(Br)c1. The molecule has 0 aliphatic carbocycles. The minimum Gasteiger partial charge on any atom is -0.338 e. The van der Waals surface area contributed by atoms with E-state index < -0.39 is 0 Å². The van der Waals surface area contributed by atoms with Gasteiger partial charge in [0.1, 0.15) is 5.82 Å². The molecule has 1 atom stereocenters. The molecule has 114 valence electrons. The fourth-order valence-corrected chi connectivity index (χ4v) is 2.96. The van der Waals surface area contributed by atoms with Crippen molar-refractivity contribution in [3.05, 3.63) is 52.5 Å². The van der Waals surface area contributed by atoms with Gasteiger partial charge in [0.05, 0.1) is 0 Å². The van der Waals surface area contributed by atoms with E-state index in [1.807, 2.05) is 12.4 Å². The molecule has 1 aromatic heterocycles. The Hall–Kier alpha value is -1.13. The van der Waals surface area contributed by atoms with Crippen LogP contribution < -0.4 is 5.32 Å². The summed E-state index contributed by atoms with van der Waals surface area (Å²) in [4.78, 5) is 4.42. The van der Waals surface area contributed by atoms with Gasteiger partial charge < -0.3 is 9.88 Å². The Morgan fingerprint density at radius 3 is 2.90 bits per heavy atom. The minimum absolute atomic E-state index is 0.496. The third-order valence-electron chi connectivity index (χ3n) is 3.69. The number of imidazole rings is 1. The molecule has 0 aliphatic rings. The van der Waals surface area contributed by atoms with E-state index >= 15 is 0 Å². The summed E-state index contributed by atoms with van der Waals surface area (Å²) in [7, 11) is 2.06. The zero-order valence-electron chi connectivity index (χ0n) is 12.8. The smallest absolute Gasteiger partial charge is 0.108 e. The lowest BCUT2D eigenvalue weighted by atomic mass is 10.0. The molecule has 0 saturated carbocycles. The molecule has 1 unspecified atom stereocenters. The fourth-order valence-electron chi connectivity index (χ4n) is 2.51. The van der Waals surface area contributed by atoms with Crippen LogP contribution in [0.4, 0.5) is 0 Å². The average molecular weight is 350 g/mol. The summed E-state index contributed by atoms with van der Waals surface area (Å²) >= 11 is 3.55. The van der Waals surface area contributed by atoms with Gasteiger partial charge >= 0.3 is 0 Å². The highest BCUT2D eigenvalue weighted by atomic mass is 79.9. The Balaban J connectivity index is 1.95. The third kappa shape index (κ3) is 5.29. The van der Waals surface area contributed by atoms with Gasteiger partial charge in [-0.05, 0) is 43.5 Å². The zero-order valence-corrected chi connectivity index (χ0v) is 14.4. The molecular weight excluding hydrogens is 326 g/mol. The second-order valence-electron chi connectivity index (χ2n) is 5.48. The number of aryl methyl sites for hydroxylation is 2. The Bertz CT molecular complexity index is 550. The van der Waals surface area contributed by atoms with Crippen molar-refractivity contribution >= 4 is 15.9 Å². The second-order valence-corrected chi connectivity index (χ2v) is 6.39. The summed E-state index contributed by atoms with van der Waals surface area (Å²) in [6.07, 6.45) is 8.23. The van der Waals surface area contributed by atoms with Crippen molar-refractivity contribution in [3.63, 3.8) is 0 Å². The predicted molar refractivity (Wildman–Crippen MR) is 91.5 cm³/mol. The number of hydrogen-bond acceptors (Lipinski definition) is 2. The van der Waals surface area contributed by atoms with E-state index in [2.05, 4.69) is 69.0 Å². The zero-order chi connectivity index (χ0) is 15.1. The van der Waals surface area contributed by atoms with E-state index in [0.29, 0.717) is 6.04 Å². The van der Waals surface area contributed by atoms with Gasteiger partial charge in [-0.3, -0.25) is 0 Å². The summed E-state index contributed by atoms with van der Waals surface area (Å²) in [6, 6.07) is 9.09. The summed E-state index contributed by atoms with van der Waals surface area (Å²) in [5.74, 6) is 1.16. The van der Waals surface area contributed by atoms with Gasteiger partial charge in [-0.15, -0.1) is 0 Å². The number of rotatable bonds is 8. The molecule has 0 spiro atoms. The molecule has 2 aromatic rings. The maximum atomic E-state index is 4.42. The number of aromatic nitrogens is 2. The lowest BCUT2D eigenvalue weighted by molar-refractivity contribution is 0.471. The molecular formula is C17H24BrN3. The summed E-state index contributed by atoms with van der Waals surface area (Å²) in [6.45, 7) is 3.28. The Kier molecular flexibility index (Phi) is 6.46. The molecule has 1 N–H and O–H groups in total. The maximum absolute atomic E-state index is 4.42. The van der Waals surface area contributed by atoms with Crippen molar-refractivity contribution in [1.29, 1.82) is 0 Å². The quantitative estimate of drug-likeness (QED) is 0.786. The van der Waals surface area contributed by atoms with Crippen LogP contribution in [-0.2, 0) is 19.9 Å². The first kappa shape index (κ1) is 16.2. The van der Waals surface area contributed by atoms with Crippen LogP contribution in [0.15, 0.2) is 41.1 Å². The fraction of sp³-hybridized carbons (Fsp3) is 0.471. The number of benzene rings is 1. The topological polar surface area (TPSA) is 29.9 Å². The largest absolute Gasteiger partial charge is 0.338 e. The monoisotopic (exact) mass is 349 g/mol. The van der Waals surface area contributed by atoms with Crippen molar-refractivity contribution < 1.29 is 0 Å². The molecule has 1 heterocycles. The molecule has 0 amide bonds. The summed E-state index contributed by atoms with van der Waals surface area (Å²) in [5.41, 5.74) is 1.37. The highest BCUT2D eigenvalue weighted by Gasteiger charge is 2.11. The van der Waals surface area contributed by atoms with Crippen LogP contribution in [0.3, 0.4) is 0 Å². The third-order valence-corrected chi connectivity index (χ3v) is 4.18. The van der Waals surface area contributed by atoms with Crippen molar-refractivity contribution in [1.82, 2.24) is 14.9 Å². The average Bonchev–Trinajstić information content (AvgIpc) is 2.87. The van der Waals surface area contributed by atoms with Crippen LogP contribution in [-0.4, -0.2) is 22.1 Å². The molecule has 4 heteroatoms. The van der Waals surface area contributed by atoms with Crippen molar-refractivity contribution in [2.24, 2.45) is 7.05 Å². The molecule has 0 fully saturated rings. The summed E-state index contributed by atoms with van der Waals surface area (Å²) < 4.78 is 3.26. The summed E-state index contributed by atoms with van der Waals surface area (Å²) in [5, 5.41) is 3.67. The first-order valence-electron chi connectivity index (χ1n) is 7.63.